The van der Waals surface area contributed by atoms with Crippen LogP contribution in [0.25, 0.3) is 16.8 Å². The van der Waals surface area contributed by atoms with E-state index in [1.165, 1.54) is 0 Å². The quantitative estimate of drug-likeness (QED) is 0.569. The summed E-state index contributed by atoms with van der Waals surface area (Å²) in [5.41, 5.74) is 4.78. The van der Waals surface area contributed by atoms with Gasteiger partial charge in [0.05, 0.1) is 11.8 Å². The average molecular weight is 420 g/mol. The number of amides is 1. The zero-order chi connectivity index (χ0) is 21.8. The van der Waals surface area contributed by atoms with Gasteiger partial charge in [-0.3, -0.25) is 4.79 Å². The van der Waals surface area contributed by atoms with Crippen molar-refractivity contribution in [1.29, 1.82) is 0 Å². The van der Waals surface area contributed by atoms with E-state index in [2.05, 4.69) is 15.7 Å². The molecule has 3 N–H and O–H groups in total. The SMILES string of the molecule is Cc1cc(NCC2CC(C)(O)C2)n2ncc(-c3ccc(C(=O)NC4CC4)c(C)c3)c2n1. The third kappa shape index (κ3) is 4.02. The van der Waals surface area contributed by atoms with Gasteiger partial charge in [-0.1, -0.05) is 12.1 Å². The lowest BCUT2D eigenvalue weighted by Gasteiger charge is -2.41. The first-order chi connectivity index (χ1) is 14.8. The van der Waals surface area contributed by atoms with E-state index in [-0.39, 0.29) is 5.91 Å². The van der Waals surface area contributed by atoms with Crippen molar-refractivity contribution in [3.8, 4) is 11.1 Å². The normalized spacial score (nSPS) is 22.9. The smallest absolute Gasteiger partial charge is 0.251 e. The number of nitrogens with one attached hydrogen (secondary N) is 2. The predicted octanol–water partition coefficient (Wildman–Crippen LogP) is 3.48. The lowest BCUT2D eigenvalue weighted by Crippen LogP contribution is -2.43. The summed E-state index contributed by atoms with van der Waals surface area (Å²) in [5.74, 6) is 1.37. The molecule has 5 rings (SSSR count). The summed E-state index contributed by atoms with van der Waals surface area (Å²) in [7, 11) is 0. The zero-order valence-corrected chi connectivity index (χ0v) is 18.3. The van der Waals surface area contributed by atoms with Crippen LogP contribution in [0, 0.1) is 19.8 Å². The van der Waals surface area contributed by atoms with Gasteiger partial charge in [0.1, 0.15) is 5.82 Å². The van der Waals surface area contributed by atoms with Crippen LogP contribution in [-0.2, 0) is 0 Å². The van der Waals surface area contributed by atoms with E-state index in [4.69, 9.17) is 4.98 Å². The summed E-state index contributed by atoms with van der Waals surface area (Å²) < 4.78 is 1.84. The summed E-state index contributed by atoms with van der Waals surface area (Å²) in [5, 5.41) is 21.1. The molecule has 0 radical (unpaired) electrons. The van der Waals surface area contributed by atoms with Crippen LogP contribution in [0.3, 0.4) is 0 Å². The number of nitrogens with zero attached hydrogens (tertiary/aromatic N) is 3. The molecule has 0 unspecified atom stereocenters. The van der Waals surface area contributed by atoms with E-state index < -0.39 is 5.60 Å². The van der Waals surface area contributed by atoms with Gasteiger partial charge >= 0.3 is 0 Å². The number of fused-ring (bicyclic) bond motifs is 1. The zero-order valence-electron chi connectivity index (χ0n) is 18.3. The number of aromatic nitrogens is 3. The monoisotopic (exact) mass is 419 g/mol. The molecule has 2 aliphatic rings. The Balaban J connectivity index is 1.41. The summed E-state index contributed by atoms with van der Waals surface area (Å²) in [6, 6.07) is 8.24. The molecule has 162 valence electrons. The van der Waals surface area contributed by atoms with Crippen LogP contribution in [-0.4, -0.2) is 43.8 Å². The highest BCUT2D eigenvalue weighted by Crippen LogP contribution is 2.37. The number of aryl methyl sites for hydroxylation is 2. The van der Waals surface area contributed by atoms with E-state index in [0.717, 1.165) is 71.6 Å². The molecule has 7 heteroatoms. The van der Waals surface area contributed by atoms with Crippen LogP contribution in [0.2, 0.25) is 0 Å². The molecule has 0 saturated heterocycles. The van der Waals surface area contributed by atoms with Gasteiger partial charge in [0, 0.05) is 35.5 Å². The first-order valence-corrected chi connectivity index (χ1v) is 11.0. The van der Waals surface area contributed by atoms with Gasteiger partial charge in [-0.05, 0) is 69.6 Å². The summed E-state index contributed by atoms with van der Waals surface area (Å²) in [6.07, 6.45) is 5.62. The first kappa shape index (κ1) is 20.0. The molecule has 7 nitrogen and oxygen atoms in total. The second-order valence-corrected chi connectivity index (χ2v) is 9.51. The molecule has 2 fully saturated rings. The molecule has 1 amide bonds. The van der Waals surface area contributed by atoms with E-state index in [0.29, 0.717) is 12.0 Å². The van der Waals surface area contributed by atoms with Crippen molar-refractivity contribution in [2.24, 2.45) is 5.92 Å². The van der Waals surface area contributed by atoms with Crippen molar-refractivity contribution in [2.45, 2.75) is 58.1 Å². The van der Waals surface area contributed by atoms with Gasteiger partial charge in [-0.25, -0.2) is 4.98 Å². The van der Waals surface area contributed by atoms with Crippen molar-refractivity contribution in [3.63, 3.8) is 0 Å². The Morgan fingerprint density at radius 2 is 2.03 bits per heavy atom. The van der Waals surface area contributed by atoms with Crippen LogP contribution in [0.15, 0.2) is 30.5 Å². The lowest BCUT2D eigenvalue weighted by atomic mass is 9.72. The molecule has 3 aromatic rings. The molecule has 2 heterocycles. The third-order valence-electron chi connectivity index (χ3n) is 6.32. The van der Waals surface area contributed by atoms with Gasteiger partial charge in [0.15, 0.2) is 5.65 Å². The maximum absolute atomic E-state index is 12.4. The van der Waals surface area contributed by atoms with Gasteiger partial charge in [-0.2, -0.15) is 9.61 Å². The van der Waals surface area contributed by atoms with Crippen molar-refractivity contribution in [1.82, 2.24) is 19.9 Å². The molecular weight excluding hydrogens is 390 g/mol. The van der Waals surface area contributed by atoms with Crippen LogP contribution in [0.5, 0.6) is 0 Å². The van der Waals surface area contributed by atoms with Gasteiger partial charge in [0.25, 0.3) is 5.91 Å². The molecule has 2 saturated carbocycles. The number of rotatable bonds is 6. The molecule has 2 aliphatic carbocycles. The van der Waals surface area contributed by atoms with Crippen LogP contribution in [0.4, 0.5) is 5.82 Å². The van der Waals surface area contributed by atoms with E-state index in [1.54, 1.807) is 0 Å². The second-order valence-electron chi connectivity index (χ2n) is 9.51. The van der Waals surface area contributed by atoms with E-state index in [9.17, 15) is 9.90 Å². The number of hydrogen-bond acceptors (Lipinski definition) is 5. The Morgan fingerprint density at radius 3 is 2.71 bits per heavy atom. The first-order valence-electron chi connectivity index (χ1n) is 11.0. The summed E-state index contributed by atoms with van der Waals surface area (Å²) in [4.78, 5) is 17.2. The molecular formula is C24H29N5O2. The van der Waals surface area contributed by atoms with Crippen molar-refractivity contribution >= 4 is 17.4 Å². The molecule has 0 bridgehead atoms. The van der Waals surface area contributed by atoms with Crippen LogP contribution in [0.1, 0.15) is 54.2 Å². The van der Waals surface area contributed by atoms with E-state index >= 15 is 0 Å². The molecule has 31 heavy (non-hydrogen) atoms. The largest absolute Gasteiger partial charge is 0.390 e. The lowest BCUT2D eigenvalue weighted by molar-refractivity contribution is -0.0524. The average Bonchev–Trinajstić information content (AvgIpc) is 3.40. The molecule has 1 aromatic carbocycles. The number of carbonyl (C=O) groups is 1. The summed E-state index contributed by atoms with van der Waals surface area (Å²) in [6.45, 7) is 6.64. The maximum Gasteiger partial charge on any atom is 0.251 e. The number of benzene rings is 1. The number of carbonyl (C=O) groups excluding carboxylic acids is 1. The van der Waals surface area contributed by atoms with Gasteiger partial charge in [-0.15, -0.1) is 0 Å². The fourth-order valence-corrected chi connectivity index (χ4v) is 4.57. The number of anilines is 1. The highest BCUT2D eigenvalue weighted by atomic mass is 16.3. The minimum absolute atomic E-state index is 0.00171. The number of hydrogen-bond donors (Lipinski definition) is 3. The number of aliphatic hydroxyl groups is 1. The van der Waals surface area contributed by atoms with Crippen LogP contribution >= 0.6 is 0 Å². The van der Waals surface area contributed by atoms with E-state index in [1.807, 2.05) is 55.7 Å². The minimum Gasteiger partial charge on any atom is -0.390 e. The van der Waals surface area contributed by atoms with Crippen molar-refractivity contribution in [2.75, 3.05) is 11.9 Å². The third-order valence-corrected chi connectivity index (χ3v) is 6.32. The van der Waals surface area contributed by atoms with Gasteiger partial charge in [0.2, 0.25) is 0 Å². The second kappa shape index (κ2) is 7.34. The minimum atomic E-state index is -0.520. The van der Waals surface area contributed by atoms with Crippen molar-refractivity contribution < 1.29 is 9.90 Å². The highest BCUT2D eigenvalue weighted by molar-refractivity contribution is 5.97. The van der Waals surface area contributed by atoms with Crippen LogP contribution < -0.4 is 10.6 Å². The Labute approximate surface area is 181 Å². The molecule has 0 aliphatic heterocycles. The standard InChI is InChI=1S/C24H29N5O2/c1-14-8-17(4-7-19(14)23(30)28-18-5-6-18)20-13-26-29-21(9-15(2)27-22(20)29)25-12-16-10-24(3,31)11-16/h4,7-9,13,16,18,25,31H,5-6,10-12H2,1-3H3,(H,28,30). The van der Waals surface area contributed by atoms with Gasteiger partial charge < -0.3 is 15.7 Å². The Hall–Kier alpha value is -2.93. The highest BCUT2D eigenvalue weighted by Gasteiger charge is 2.38. The summed E-state index contributed by atoms with van der Waals surface area (Å²) >= 11 is 0. The Kier molecular flexibility index (Phi) is 4.73. The Morgan fingerprint density at radius 1 is 1.26 bits per heavy atom. The topological polar surface area (TPSA) is 91.5 Å². The molecule has 0 spiro atoms. The fraction of sp³-hybridized carbons (Fsp3) is 0.458. The maximum atomic E-state index is 12.4. The fourth-order valence-electron chi connectivity index (χ4n) is 4.57. The molecule has 0 atom stereocenters. The van der Waals surface area contributed by atoms with Crippen molar-refractivity contribution in [3.05, 3.63) is 47.3 Å². The molecule has 2 aromatic heterocycles. The predicted molar refractivity (Wildman–Crippen MR) is 120 cm³/mol. The Bertz CT molecular complexity index is 1150.